The molecular formula is C9H12N3O. The normalized spacial score (nSPS) is 22.9. The van der Waals surface area contributed by atoms with E-state index in [1.807, 2.05) is 6.07 Å². The van der Waals surface area contributed by atoms with E-state index in [-0.39, 0.29) is 6.10 Å². The number of hydrogen-bond donors (Lipinski definition) is 1. The first kappa shape index (κ1) is 8.59. The molecule has 13 heavy (non-hydrogen) atoms. The average Bonchev–Trinajstić information content (AvgIpc) is 2.21. The lowest BCUT2D eigenvalue weighted by atomic mass is 10.2. The van der Waals surface area contributed by atoms with Crippen molar-refractivity contribution in [2.45, 2.75) is 12.5 Å². The first-order chi connectivity index (χ1) is 6.45. The molecule has 1 aliphatic rings. The monoisotopic (exact) mass is 178 g/mol. The number of morpholine rings is 1. The minimum absolute atomic E-state index is 0.247. The van der Waals surface area contributed by atoms with Gasteiger partial charge in [0.15, 0.2) is 6.33 Å². The van der Waals surface area contributed by atoms with Crippen LogP contribution in [-0.2, 0) is 11.2 Å². The van der Waals surface area contributed by atoms with E-state index in [1.165, 1.54) is 0 Å². The number of hydrogen-bond acceptors (Lipinski definition) is 4. The van der Waals surface area contributed by atoms with Crippen LogP contribution in [0.5, 0.6) is 0 Å². The van der Waals surface area contributed by atoms with Crippen molar-refractivity contribution >= 4 is 0 Å². The predicted octanol–water partition coefficient (Wildman–Crippen LogP) is -0.192. The zero-order valence-electron chi connectivity index (χ0n) is 7.36. The van der Waals surface area contributed by atoms with Gasteiger partial charge in [-0.1, -0.05) is 0 Å². The fourth-order valence-corrected chi connectivity index (χ4v) is 1.38. The molecule has 0 aromatic carbocycles. The number of nitrogens with zero attached hydrogens (tertiary/aromatic N) is 2. The van der Waals surface area contributed by atoms with Crippen molar-refractivity contribution in [2.24, 2.45) is 0 Å². The highest BCUT2D eigenvalue weighted by Crippen LogP contribution is 2.03. The second-order valence-corrected chi connectivity index (χ2v) is 3.05. The van der Waals surface area contributed by atoms with Crippen molar-refractivity contribution < 1.29 is 4.74 Å². The maximum Gasteiger partial charge on any atom is 0.197 e. The fraction of sp³-hybridized carbons (Fsp3) is 0.556. The van der Waals surface area contributed by atoms with Crippen LogP contribution in [0.2, 0.25) is 0 Å². The lowest BCUT2D eigenvalue weighted by Crippen LogP contribution is -2.39. The van der Waals surface area contributed by atoms with Gasteiger partial charge in [-0.05, 0) is 6.07 Å². The van der Waals surface area contributed by atoms with Gasteiger partial charge in [0.05, 0.1) is 12.7 Å². The Hall–Kier alpha value is -1.00. The van der Waals surface area contributed by atoms with Gasteiger partial charge in [-0.15, -0.1) is 0 Å². The Kier molecular flexibility index (Phi) is 2.84. The van der Waals surface area contributed by atoms with E-state index in [0.29, 0.717) is 0 Å². The summed E-state index contributed by atoms with van der Waals surface area (Å²) in [7, 11) is 0. The molecule has 0 amide bonds. The van der Waals surface area contributed by atoms with E-state index in [2.05, 4.69) is 21.6 Å². The Morgan fingerprint density at radius 1 is 1.69 bits per heavy atom. The summed E-state index contributed by atoms with van der Waals surface area (Å²) in [6.07, 6.45) is 5.37. The van der Waals surface area contributed by atoms with Gasteiger partial charge in [0, 0.05) is 31.4 Å². The van der Waals surface area contributed by atoms with E-state index in [0.717, 1.165) is 31.8 Å². The smallest absolute Gasteiger partial charge is 0.197 e. The van der Waals surface area contributed by atoms with Crippen molar-refractivity contribution in [3.8, 4) is 0 Å². The van der Waals surface area contributed by atoms with E-state index in [4.69, 9.17) is 4.74 Å². The maximum absolute atomic E-state index is 5.55. The topological polar surface area (TPSA) is 47.0 Å². The molecule has 4 nitrogen and oxygen atoms in total. The van der Waals surface area contributed by atoms with Gasteiger partial charge >= 0.3 is 0 Å². The third-order valence-electron chi connectivity index (χ3n) is 2.03. The van der Waals surface area contributed by atoms with Crippen LogP contribution in [0.15, 0.2) is 12.3 Å². The zero-order chi connectivity index (χ0) is 8.93. The fourth-order valence-electron chi connectivity index (χ4n) is 1.38. The molecule has 1 saturated heterocycles. The molecule has 1 aliphatic heterocycles. The van der Waals surface area contributed by atoms with Gasteiger partial charge in [-0.3, -0.25) is 0 Å². The average molecular weight is 178 g/mol. The van der Waals surface area contributed by atoms with E-state index >= 15 is 0 Å². The molecule has 69 valence electrons. The summed E-state index contributed by atoms with van der Waals surface area (Å²) in [4.78, 5) is 7.77. The van der Waals surface area contributed by atoms with Gasteiger partial charge in [0.1, 0.15) is 0 Å². The third-order valence-corrected chi connectivity index (χ3v) is 2.03. The van der Waals surface area contributed by atoms with Crippen molar-refractivity contribution in [1.82, 2.24) is 15.3 Å². The van der Waals surface area contributed by atoms with Crippen LogP contribution in [0.25, 0.3) is 0 Å². The highest BCUT2D eigenvalue weighted by atomic mass is 16.5. The minimum Gasteiger partial charge on any atom is -0.375 e. The second kappa shape index (κ2) is 4.30. The SMILES string of the molecule is [c]1nccc(CC2CNCCO2)n1. The molecule has 1 radical (unpaired) electrons. The maximum atomic E-state index is 5.55. The number of rotatable bonds is 2. The van der Waals surface area contributed by atoms with E-state index < -0.39 is 0 Å². The molecule has 1 fully saturated rings. The van der Waals surface area contributed by atoms with Crippen LogP contribution in [-0.4, -0.2) is 35.8 Å². The quantitative estimate of drug-likeness (QED) is 0.681. The first-order valence-electron chi connectivity index (χ1n) is 4.45. The molecule has 0 bridgehead atoms. The molecule has 0 spiro atoms. The summed E-state index contributed by atoms with van der Waals surface area (Å²) in [5.74, 6) is 0. The van der Waals surface area contributed by atoms with Crippen LogP contribution < -0.4 is 5.32 Å². The number of nitrogens with one attached hydrogen (secondary N) is 1. The van der Waals surface area contributed by atoms with Crippen molar-refractivity contribution in [2.75, 3.05) is 19.7 Å². The van der Waals surface area contributed by atoms with Crippen LogP contribution in [0.3, 0.4) is 0 Å². The Balaban J connectivity index is 1.90. The molecule has 0 aliphatic carbocycles. The Bertz CT molecular complexity index is 246. The molecule has 1 N–H and O–H groups in total. The first-order valence-corrected chi connectivity index (χ1v) is 4.45. The Labute approximate surface area is 77.4 Å². The highest BCUT2D eigenvalue weighted by molar-refractivity contribution is 4.99. The zero-order valence-corrected chi connectivity index (χ0v) is 7.36. The molecule has 2 heterocycles. The lowest BCUT2D eigenvalue weighted by molar-refractivity contribution is 0.0286. The number of ether oxygens (including phenoxy) is 1. The van der Waals surface area contributed by atoms with Crippen LogP contribution >= 0.6 is 0 Å². The largest absolute Gasteiger partial charge is 0.375 e. The summed E-state index contributed by atoms with van der Waals surface area (Å²) in [6.45, 7) is 2.65. The number of aromatic nitrogens is 2. The minimum atomic E-state index is 0.247. The van der Waals surface area contributed by atoms with Gasteiger partial charge < -0.3 is 10.1 Å². The molecule has 0 saturated carbocycles. The molecular weight excluding hydrogens is 166 g/mol. The molecule has 1 aromatic rings. The molecule has 2 rings (SSSR count). The molecule has 1 aromatic heterocycles. The van der Waals surface area contributed by atoms with Gasteiger partial charge in [-0.2, -0.15) is 0 Å². The third kappa shape index (κ3) is 2.47. The van der Waals surface area contributed by atoms with Gasteiger partial charge in [0.2, 0.25) is 0 Å². The van der Waals surface area contributed by atoms with Crippen LogP contribution in [0, 0.1) is 6.33 Å². The molecule has 1 unspecified atom stereocenters. The molecule has 4 heteroatoms. The van der Waals surface area contributed by atoms with Crippen molar-refractivity contribution in [3.63, 3.8) is 0 Å². The lowest BCUT2D eigenvalue weighted by Gasteiger charge is -2.22. The highest BCUT2D eigenvalue weighted by Gasteiger charge is 2.13. The molecule has 1 atom stereocenters. The van der Waals surface area contributed by atoms with Crippen LogP contribution in [0.1, 0.15) is 5.69 Å². The Morgan fingerprint density at radius 3 is 3.38 bits per heavy atom. The Morgan fingerprint density at radius 2 is 2.69 bits per heavy atom. The summed E-state index contributed by atoms with van der Waals surface area (Å²) >= 11 is 0. The summed E-state index contributed by atoms with van der Waals surface area (Å²) in [5, 5.41) is 3.28. The summed E-state index contributed by atoms with van der Waals surface area (Å²) < 4.78 is 5.55. The van der Waals surface area contributed by atoms with Crippen molar-refractivity contribution in [1.29, 1.82) is 0 Å². The van der Waals surface area contributed by atoms with E-state index in [1.54, 1.807) is 6.20 Å². The van der Waals surface area contributed by atoms with Gasteiger partial charge in [-0.25, -0.2) is 9.97 Å². The summed E-state index contributed by atoms with van der Waals surface area (Å²) in [5.41, 5.74) is 0.990. The second-order valence-electron chi connectivity index (χ2n) is 3.05. The van der Waals surface area contributed by atoms with E-state index in [9.17, 15) is 0 Å². The van der Waals surface area contributed by atoms with Gasteiger partial charge in [0.25, 0.3) is 0 Å². The van der Waals surface area contributed by atoms with Crippen LogP contribution in [0.4, 0.5) is 0 Å². The summed E-state index contributed by atoms with van der Waals surface area (Å²) in [6, 6.07) is 1.90. The standard InChI is InChI=1S/C9H12N3O/c1-2-11-7-12-8(1)5-9-6-10-3-4-13-9/h1-2,9-10H,3-6H2. The van der Waals surface area contributed by atoms with Crippen molar-refractivity contribution in [3.05, 3.63) is 24.3 Å². The predicted molar refractivity (Wildman–Crippen MR) is 47.2 cm³/mol.